The molecule has 0 saturated carbocycles. The molecule has 0 radical (unpaired) electrons. The summed E-state index contributed by atoms with van der Waals surface area (Å²) in [6.45, 7) is 3.52. The molecule has 28 heavy (non-hydrogen) atoms. The molecular formula is C20H23N3O5. The molecular weight excluding hydrogens is 362 g/mol. The van der Waals surface area contributed by atoms with E-state index < -0.39 is 5.91 Å². The Kier molecular flexibility index (Phi) is 7.38. The van der Waals surface area contributed by atoms with Crippen LogP contribution in [0.2, 0.25) is 0 Å². The number of rotatable bonds is 9. The van der Waals surface area contributed by atoms with Gasteiger partial charge in [0, 0.05) is 0 Å². The lowest BCUT2D eigenvalue weighted by Crippen LogP contribution is -2.24. The monoisotopic (exact) mass is 385 g/mol. The zero-order valence-corrected chi connectivity index (χ0v) is 16.0. The highest BCUT2D eigenvalue weighted by Gasteiger charge is 2.07. The topological polar surface area (TPSA) is 112 Å². The average molecular weight is 385 g/mol. The van der Waals surface area contributed by atoms with Gasteiger partial charge < -0.3 is 19.9 Å². The van der Waals surface area contributed by atoms with Gasteiger partial charge in [0.05, 0.1) is 13.3 Å². The Bertz CT molecular complexity index is 860. The average Bonchev–Trinajstić information content (AvgIpc) is 2.64. The number of nitrogens with zero attached hydrogens (tertiary/aromatic N) is 1. The van der Waals surface area contributed by atoms with Crippen LogP contribution in [-0.2, 0) is 9.59 Å². The van der Waals surface area contributed by atoms with Crippen LogP contribution >= 0.6 is 0 Å². The largest absolute Gasteiger partial charge is 0.493 e. The molecule has 0 unspecified atom stereocenters. The van der Waals surface area contributed by atoms with Crippen molar-refractivity contribution in [3.63, 3.8) is 0 Å². The molecule has 8 heteroatoms. The minimum Gasteiger partial charge on any atom is -0.493 e. The van der Waals surface area contributed by atoms with Crippen molar-refractivity contribution >= 4 is 18.0 Å². The molecule has 0 aliphatic rings. The molecule has 2 rings (SSSR count). The smallest absolute Gasteiger partial charge is 0.277 e. The van der Waals surface area contributed by atoms with Crippen LogP contribution in [0.4, 0.5) is 0 Å². The zero-order valence-electron chi connectivity index (χ0n) is 16.0. The molecule has 2 aromatic rings. The van der Waals surface area contributed by atoms with Crippen molar-refractivity contribution < 1.29 is 23.8 Å². The predicted octanol–water partition coefficient (Wildman–Crippen LogP) is 1.71. The Balaban J connectivity index is 1.89. The Morgan fingerprint density at radius 3 is 2.39 bits per heavy atom. The van der Waals surface area contributed by atoms with Gasteiger partial charge in [0.15, 0.2) is 24.7 Å². The zero-order chi connectivity index (χ0) is 20.5. The molecule has 8 nitrogen and oxygen atoms in total. The summed E-state index contributed by atoms with van der Waals surface area (Å²) >= 11 is 0. The number of nitrogens with two attached hydrogens (primary N) is 1. The number of primary amides is 1. The maximum absolute atomic E-state index is 11.9. The second kappa shape index (κ2) is 9.96. The van der Waals surface area contributed by atoms with E-state index in [0.717, 1.165) is 11.1 Å². The predicted molar refractivity (Wildman–Crippen MR) is 105 cm³/mol. The van der Waals surface area contributed by atoms with Crippen molar-refractivity contribution in [1.82, 2.24) is 5.43 Å². The molecule has 0 fully saturated rings. The van der Waals surface area contributed by atoms with Crippen LogP contribution in [0, 0.1) is 13.8 Å². The van der Waals surface area contributed by atoms with Gasteiger partial charge in [0.25, 0.3) is 11.8 Å². The van der Waals surface area contributed by atoms with E-state index in [2.05, 4.69) is 10.5 Å². The van der Waals surface area contributed by atoms with Gasteiger partial charge in [0.2, 0.25) is 0 Å². The normalized spacial score (nSPS) is 10.5. The fraction of sp³-hybridized carbons (Fsp3) is 0.250. The third-order valence-corrected chi connectivity index (χ3v) is 3.53. The Morgan fingerprint density at radius 2 is 1.75 bits per heavy atom. The molecule has 2 aromatic carbocycles. The first-order chi connectivity index (χ1) is 13.4. The van der Waals surface area contributed by atoms with E-state index in [1.807, 2.05) is 32.0 Å². The number of aryl methyl sites for hydroxylation is 2. The summed E-state index contributed by atoms with van der Waals surface area (Å²) in [5, 5.41) is 3.89. The van der Waals surface area contributed by atoms with Crippen molar-refractivity contribution in [3.8, 4) is 17.2 Å². The summed E-state index contributed by atoms with van der Waals surface area (Å²) in [7, 11) is 1.47. The first kappa shape index (κ1) is 20.8. The molecule has 0 aliphatic heterocycles. The van der Waals surface area contributed by atoms with E-state index in [9.17, 15) is 9.59 Å². The minimum absolute atomic E-state index is 0.149. The van der Waals surface area contributed by atoms with E-state index in [-0.39, 0.29) is 19.1 Å². The number of nitrogens with one attached hydrogen (secondary N) is 1. The Hall–Kier alpha value is -3.55. The molecule has 148 valence electrons. The number of hydrogen-bond donors (Lipinski definition) is 2. The van der Waals surface area contributed by atoms with Crippen molar-refractivity contribution in [3.05, 3.63) is 53.1 Å². The van der Waals surface area contributed by atoms with E-state index in [0.29, 0.717) is 22.8 Å². The summed E-state index contributed by atoms with van der Waals surface area (Å²) in [6.07, 6.45) is 1.45. The number of ether oxygens (including phenoxy) is 3. The Labute approximate surface area is 163 Å². The van der Waals surface area contributed by atoms with Crippen LogP contribution in [0.5, 0.6) is 17.2 Å². The van der Waals surface area contributed by atoms with Crippen molar-refractivity contribution in [2.45, 2.75) is 13.8 Å². The maximum atomic E-state index is 11.9. The summed E-state index contributed by atoms with van der Waals surface area (Å²) in [4.78, 5) is 22.7. The number of carbonyl (C=O) groups excluding carboxylic acids is 2. The van der Waals surface area contributed by atoms with Gasteiger partial charge in [0.1, 0.15) is 5.75 Å². The number of benzene rings is 2. The van der Waals surface area contributed by atoms with Crippen LogP contribution in [-0.4, -0.2) is 38.4 Å². The summed E-state index contributed by atoms with van der Waals surface area (Å²) in [6, 6.07) is 10.7. The van der Waals surface area contributed by atoms with Crippen molar-refractivity contribution in [1.29, 1.82) is 0 Å². The molecule has 2 amide bonds. The molecule has 0 heterocycles. The minimum atomic E-state index is -0.585. The number of carbonyl (C=O) groups is 2. The number of amides is 2. The molecule has 0 aromatic heterocycles. The van der Waals surface area contributed by atoms with E-state index >= 15 is 0 Å². The first-order valence-electron chi connectivity index (χ1n) is 8.49. The molecule has 0 aliphatic carbocycles. The Morgan fingerprint density at radius 1 is 1.04 bits per heavy atom. The molecule has 0 atom stereocenters. The lowest BCUT2D eigenvalue weighted by molar-refractivity contribution is -0.123. The van der Waals surface area contributed by atoms with Gasteiger partial charge in [-0.2, -0.15) is 5.10 Å². The van der Waals surface area contributed by atoms with E-state index in [1.54, 1.807) is 18.2 Å². The number of methoxy groups -OCH3 is 1. The van der Waals surface area contributed by atoms with Crippen LogP contribution in [0.1, 0.15) is 16.7 Å². The summed E-state index contributed by atoms with van der Waals surface area (Å²) in [5.74, 6) is 0.453. The van der Waals surface area contributed by atoms with E-state index in [4.69, 9.17) is 19.9 Å². The van der Waals surface area contributed by atoms with Crippen molar-refractivity contribution in [2.24, 2.45) is 10.8 Å². The first-order valence-corrected chi connectivity index (χ1v) is 8.49. The van der Waals surface area contributed by atoms with Gasteiger partial charge in [-0.25, -0.2) is 5.43 Å². The molecule has 0 saturated heterocycles. The molecule has 0 bridgehead atoms. The lowest BCUT2D eigenvalue weighted by Gasteiger charge is -2.09. The quantitative estimate of drug-likeness (QED) is 0.504. The van der Waals surface area contributed by atoms with Gasteiger partial charge in [-0.1, -0.05) is 6.07 Å². The fourth-order valence-corrected chi connectivity index (χ4v) is 2.41. The SMILES string of the molecule is COc1cc(/C=N/NC(=O)COc2cc(C)cc(C)c2)ccc1OCC(N)=O. The maximum Gasteiger partial charge on any atom is 0.277 e. The van der Waals surface area contributed by atoms with Gasteiger partial charge in [-0.05, 0) is 60.9 Å². The highest BCUT2D eigenvalue weighted by atomic mass is 16.5. The van der Waals surface area contributed by atoms with Gasteiger partial charge >= 0.3 is 0 Å². The molecule has 3 N–H and O–H groups in total. The third-order valence-electron chi connectivity index (χ3n) is 3.53. The number of hydrogen-bond acceptors (Lipinski definition) is 6. The van der Waals surface area contributed by atoms with Crippen LogP contribution in [0.25, 0.3) is 0 Å². The molecule has 0 spiro atoms. The standard InChI is InChI=1S/C20H23N3O5/c1-13-6-14(2)8-16(7-13)27-12-20(25)23-22-10-15-4-5-17(18(9-15)26-3)28-11-19(21)24/h4-10H,11-12H2,1-3H3,(H2,21,24)(H,23,25)/b22-10+. The summed E-state index contributed by atoms with van der Waals surface area (Å²) in [5.41, 5.74) is 10.2. The van der Waals surface area contributed by atoms with Crippen LogP contribution in [0.15, 0.2) is 41.5 Å². The number of hydrazone groups is 1. The van der Waals surface area contributed by atoms with Crippen LogP contribution < -0.4 is 25.4 Å². The fourth-order valence-electron chi connectivity index (χ4n) is 2.41. The van der Waals surface area contributed by atoms with E-state index in [1.165, 1.54) is 13.3 Å². The second-order valence-corrected chi connectivity index (χ2v) is 6.07. The van der Waals surface area contributed by atoms with Crippen molar-refractivity contribution in [2.75, 3.05) is 20.3 Å². The highest BCUT2D eigenvalue weighted by molar-refractivity contribution is 5.83. The lowest BCUT2D eigenvalue weighted by atomic mass is 10.1. The second-order valence-electron chi connectivity index (χ2n) is 6.07. The highest BCUT2D eigenvalue weighted by Crippen LogP contribution is 2.27. The van der Waals surface area contributed by atoms with Crippen LogP contribution in [0.3, 0.4) is 0 Å². The summed E-state index contributed by atoms with van der Waals surface area (Å²) < 4.78 is 15.9. The van der Waals surface area contributed by atoms with Gasteiger partial charge in [-0.3, -0.25) is 9.59 Å². The van der Waals surface area contributed by atoms with Gasteiger partial charge in [-0.15, -0.1) is 0 Å². The third kappa shape index (κ3) is 6.64.